The topological polar surface area (TPSA) is 38.3 Å². The van der Waals surface area contributed by atoms with Crippen molar-refractivity contribution in [1.82, 2.24) is 5.32 Å². The molecule has 0 aliphatic rings. The van der Waals surface area contributed by atoms with Gasteiger partial charge < -0.3 is 10.1 Å². The van der Waals surface area contributed by atoms with E-state index in [1.54, 1.807) is 0 Å². The van der Waals surface area contributed by atoms with Gasteiger partial charge in [0.15, 0.2) is 0 Å². The number of carbonyl (C=O) groups excluding carboxylic acids is 1. The summed E-state index contributed by atoms with van der Waals surface area (Å²) >= 11 is 2.19. The number of hydrogen-bond donors (Lipinski definition) is 1. The minimum Gasteiger partial charge on any atom is -0.374 e. The molecule has 0 spiro atoms. The number of hydrogen-bond acceptors (Lipinski definition) is 2. The lowest BCUT2D eigenvalue weighted by molar-refractivity contribution is -0.00815. The molecule has 0 heterocycles. The third kappa shape index (κ3) is 5.04. The molecule has 0 aliphatic carbocycles. The van der Waals surface area contributed by atoms with Gasteiger partial charge >= 0.3 is 0 Å². The fraction of sp³-hybridized carbons (Fsp3) is 0.462. The molecule has 0 aliphatic heterocycles. The molecule has 1 N–H and O–H groups in total. The van der Waals surface area contributed by atoms with Crippen LogP contribution in [0.15, 0.2) is 24.3 Å². The second-order valence-electron chi connectivity index (χ2n) is 4.39. The SMILES string of the molecule is CCOC(C)(C)CNC(=O)c1cccc(I)c1. The molecular weight excluding hydrogens is 329 g/mol. The Morgan fingerprint density at radius 3 is 2.76 bits per heavy atom. The number of nitrogens with one attached hydrogen (secondary N) is 1. The van der Waals surface area contributed by atoms with Gasteiger partial charge in [-0.2, -0.15) is 0 Å². The standard InChI is InChI=1S/C13H18INO2/c1-4-17-13(2,3)9-15-12(16)10-6-5-7-11(14)8-10/h5-8H,4,9H2,1-3H3,(H,15,16). The van der Waals surface area contributed by atoms with Gasteiger partial charge in [-0.3, -0.25) is 4.79 Å². The molecule has 1 amide bonds. The van der Waals surface area contributed by atoms with E-state index in [0.29, 0.717) is 18.7 Å². The quantitative estimate of drug-likeness (QED) is 0.832. The molecular formula is C13H18INO2. The van der Waals surface area contributed by atoms with Crippen molar-refractivity contribution < 1.29 is 9.53 Å². The van der Waals surface area contributed by atoms with E-state index < -0.39 is 0 Å². The summed E-state index contributed by atoms with van der Waals surface area (Å²) in [6.07, 6.45) is 0. The van der Waals surface area contributed by atoms with Crippen molar-refractivity contribution in [3.8, 4) is 0 Å². The molecule has 0 unspecified atom stereocenters. The van der Waals surface area contributed by atoms with Gasteiger partial charge in [0.25, 0.3) is 5.91 Å². The van der Waals surface area contributed by atoms with Gasteiger partial charge in [0, 0.05) is 22.3 Å². The molecule has 1 aromatic rings. The highest BCUT2D eigenvalue weighted by Gasteiger charge is 2.18. The van der Waals surface area contributed by atoms with E-state index in [0.717, 1.165) is 3.57 Å². The van der Waals surface area contributed by atoms with Crippen molar-refractivity contribution >= 4 is 28.5 Å². The first kappa shape index (κ1) is 14.4. The highest BCUT2D eigenvalue weighted by atomic mass is 127. The van der Waals surface area contributed by atoms with E-state index >= 15 is 0 Å². The Labute approximate surface area is 116 Å². The summed E-state index contributed by atoms with van der Waals surface area (Å²) in [6, 6.07) is 7.51. The summed E-state index contributed by atoms with van der Waals surface area (Å²) < 4.78 is 6.58. The number of halogens is 1. The van der Waals surface area contributed by atoms with E-state index in [9.17, 15) is 4.79 Å². The van der Waals surface area contributed by atoms with E-state index in [2.05, 4.69) is 27.9 Å². The van der Waals surface area contributed by atoms with E-state index in [1.807, 2.05) is 45.0 Å². The molecule has 4 heteroatoms. The highest BCUT2D eigenvalue weighted by Crippen LogP contribution is 2.10. The Bertz CT molecular complexity index is 391. The Morgan fingerprint density at radius 2 is 2.18 bits per heavy atom. The third-order valence-electron chi connectivity index (χ3n) is 2.30. The second-order valence-corrected chi connectivity index (χ2v) is 5.63. The van der Waals surface area contributed by atoms with Crippen molar-refractivity contribution in [2.24, 2.45) is 0 Å². The zero-order valence-corrected chi connectivity index (χ0v) is 12.6. The minimum atomic E-state index is -0.327. The predicted octanol–water partition coefficient (Wildman–Crippen LogP) is 2.84. The Balaban J connectivity index is 2.56. The zero-order valence-electron chi connectivity index (χ0n) is 10.4. The molecule has 0 radical (unpaired) electrons. The second kappa shape index (κ2) is 6.35. The molecule has 0 saturated heterocycles. The lowest BCUT2D eigenvalue weighted by Gasteiger charge is -2.24. The lowest BCUT2D eigenvalue weighted by Crippen LogP contribution is -2.40. The number of amides is 1. The average Bonchev–Trinajstić information content (AvgIpc) is 2.26. The first-order valence-corrected chi connectivity index (χ1v) is 6.70. The average molecular weight is 347 g/mol. The van der Waals surface area contributed by atoms with Gasteiger partial charge in [-0.25, -0.2) is 0 Å². The van der Waals surface area contributed by atoms with Crippen LogP contribution in [-0.2, 0) is 4.74 Å². The molecule has 1 rings (SSSR count). The van der Waals surface area contributed by atoms with Crippen LogP contribution in [0.1, 0.15) is 31.1 Å². The fourth-order valence-corrected chi connectivity index (χ4v) is 2.01. The van der Waals surface area contributed by atoms with Gasteiger partial charge in [0.1, 0.15) is 0 Å². The van der Waals surface area contributed by atoms with Gasteiger partial charge in [0.05, 0.1) is 5.60 Å². The van der Waals surface area contributed by atoms with Gasteiger partial charge in [0.2, 0.25) is 0 Å². The van der Waals surface area contributed by atoms with Crippen molar-refractivity contribution in [3.05, 3.63) is 33.4 Å². The Kier molecular flexibility index (Phi) is 5.39. The Hall–Kier alpha value is -0.620. The minimum absolute atomic E-state index is 0.0590. The zero-order chi connectivity index (χ0) is 12.9. The fourth-order valence-electron chi connectivity index (χ4n) is 1.47. The molecule has 0 atom stereocenters. The third-order valence-corrected chi connectivity index (χ3v) is 2.97. The van der Waals surface area contributed by atoms with Gasteiger partial charge in [-0.1, -0.05) is 6.07 Å². The van der Waals surface area contributed by atoms with Crippen LogP contribution in [0.5, 0.6) is 0 Å². The van der Waals surface area contributed by atoms with Crippen molar-refractivity contribution in [3.63, 3.8) is 0 Å². The number of rotatable bonds is 5. The molecule has 0 aromatic heterocycles. The maximum absolute atomic E-state index is 11.9. The smallest absolute Gasteiger partial charge is 0.251 e. The maximum atomic E-state index is 11.9. The number of benzene rings is 1. The van der Waals surface area contributed by atoms with Crippen LogP contribution in [0.25, 0.3) is 0 Å². The van der Waals surface area contributed by atoms with Crippen molar-refractivity contribution in [2.75, 3.05) is 13.2 Å². The summed E-state index contributed by atoms with van der Waals surface area (Å²) in [5.41, 5.74) is 0.357. The lowest BCUT2D eigenvalue weighted by atomic mass is 10.1. The summed E-state index contributed by atoms with van der Waals surface area (Å²) in [5.74, 6) is -0.0590. The van der Waals surface area contributed by atoms with Crippen LogP contribution in [0.3, 0.4) is 0 Å². The molecule has 0 bridgehead atoms. The summed E-state index contributed by atoms with van der Waals surface area (Å²) in [6.45, 7) is 7.03. The molecule has 17 heavy (non-hydrogen) atoms. The summed E-state index contributed by atoms with van der Waals surface area (Å²) in [4.78, 5) is 11.9. The largest absolute Gasteiger partial charge is 0.374 e. The summed E-state index contributed by atoms with van der Waals surface area (Å²) in [7, 11) is 0. The number of carbonyl (C=O) groups is 1. The molecule has 94 valence electrons. The molecule has 1 aromatic carbocycles. The first-order chi connectivity index (χ1) is 7.94. The van der Waals surface area contributed by atoms with E-state index in [-0.39, 0.29) is 11.5 Å². The first-order valence-electron chi connectivity index (χ1n) is 5.62. The van der Waals surface area contributed by atoms with Crippen molar-refractivity contribution in [2.45, 2.75) is 26.4 Å². The molecule has 3 nitrogen and oxygen atoms in total. The van der Waals surface area contributed by atoms with Crippen molar-refractivity contribution in [1.29, 1.82) is 0 Å². The highest BCUT2D eigenvalue weighted by molar-refractivity contribution is 14.1. The van der Waals surface area contributed by atoms with Crippen LogP contribution >= 0.6 is 22.6 Å². The molecule has 0 fully saturated rings. The maximum Gasteiger partial charge on any atom is 0.251 e. The summed E-state index contributed by atoms with van der Waals surface area (Å²) in [5, 5.41) is 2.88. The van der Waals surface area contributed by atoms with Gasteiger partial charge in [-0.05, 0) is 61.6 Å². The number of ether oxygens (including phenoxy) is 1. The van der Waals surface area contributed by atoms with Crippen LogP contribution in [0.2, 0.25) is 0 Å². The monoisotopic (exact) mass is 347 g/mol. The normalized spacial score (nSPS) is 11.3. The van der Waals surface area contributed by atoms with Crippen LogP contribution in [-0.4, -0.2) is 24.7 Å². The van der Waals surface area contributed by atoms with E-state index in [1.165, 1.54) is 0 Å². The predicted molar refractivity (Wildman–Crippen MR) is 77.2 cm³/mol. The van der Waals surface area contributed by atoms with Gasteiger partial charge in [-0.15, -0.1) is 0 Å². The van der Waals surface area contributed by atoms with Crippen LogP contribution < -0.4 is 5.32 Å². The molecule has 0 saturated carbocycles. The Morgan fingerprint density at radius 1 is 1.47 bits per heavy atom. The van der Waals surface area contributed by atoms with Crippen LogP contribution in [0, 0.1) is 3.57 Å². The van der Waals surface area contributed by atoms with Crippen LogP contribution in [0.4, 0.5) is 0 Å². The van der Waals surface area contributed by atoms with E-state index in [4.69, 9.17) is 4.74 Å².